The van der Waals surface area contributed by atoms with E-state index >= 15 is 0 Å². The average Bonchev–Trinajstić information content (AvgIpc) is 2.73. The molecule has 1 amide bonds. The molecule has 4 rings (SSSR count). The zero-order valence-electron chi connectivity index (χ0n) is 16.1. The standard InChI is InChI=1S/C22H26N2O3S/c1-2-28(26,27)24-15-18-10-4-3-9-17(18)14-21(24)22(25)23-20-13-7-11-16-8-5-6-12-19(16)20/h3-6,8-10,12,20-21H,2,7,11,13-15H2,1H3,(H,23,25)/t20-,21+/m0/s1. The van der Waals surface area contributed by atoms with Crippen LogP contribution in [0.15, 0.2) is 48.5 Å². The first-order valence-corrected chi connectivity index (χ1v) is 11.5. The van der Waals surface area contributed by atoms with Crippen LogP contribution in [0.2, 0.25) is 0 Å². The van der Waals surface area contributed by atoms with Crippen molar-refractivity contribution in [2.45, 2.75) is 51.2 Å². The number of sulfonamides is 1. The number of hydrogen-bond acceptors (Lipinski definition) is 3. The highest BCUT2D eigenvalue weighted by atomic mass is 32.2. The highest BCUT2D eigenvalue weighted by molar-refractivity contribution is 7.89. The number of rotatable bonds is 4. The number of aryl methyl sites for hydroxylation is 1. The minimum Gasteiger partial charge on any atom is -0.348 e. The molecule has 0 saturated heterocycles. The summed E-state index contributed by atoms with van der Waals surface area (Å²) < 4.78 is 26.8. The van der Waals surface area contributed by atoms with Gasteiger partial charge in [0.05, 0.1) is 11.8 Å². The van der Waals surface area contributed by atoms with Crippen molar-refractivity contribution < 1.29 is 13.2 Å². The van der Waals surface area contributed by atoms with Gasteiger partial charge in [-0.2, -0.15) is 4.31 Å². The van der Waals surface area contributed by atoms with Gasteiger partial charge in [0.15, 0.2) is 0 Å². The predicted molar refractivity (Wildman–Crippen MR) is 109 cm³/mol. The van der Waals surface area contributed by atoms with Gasteiger partial charge in [-0.05, 0) is 54.9 Å². The van der Waals surface area contributed by atoms with Crippen molar-refractivity contribution in [3.8, 4) is 0 Å². The van der Waals surface area contributed by atoms with Crippen LogP contribution >= 0.6 is 0 Å². The van der Waals surface area contributed by atoms with E-state index in [1.807, 2.05) is 36.4 Å². The zero-order valence-corrected chi connectivity index (χ0v) is 16.9. The Morgan fingerprint density at radius 2 is 1.75 bits per heavy atom. The topological polar surface area (TPSA) is 66.5 Å². The Hall–Kier alpha value is -2.18. The molecule has 2 atom stereocenters. The van der Waals surface area contributed by atoms with Crippen molar-refractivity contribution in [3.05, 3.63) is 70.8 Å². The molecule has 0 unspecified atom stereocenters. The molecule has 2 aliphatic rings. The zero-order chi connectivity index (χ0) is 19.7. The van der Waals surface area contributed by atoms with Crippen LogP contribution in [0.25, 0.3) is 0 Å². The molecule has 2 aromatic carbocycles. The van der Waals surface area contributed by atoms with Gasteiger partial charge >= 0.3 is 0 Å². The molecule has 2 aromatic rings. The molecule has 1 N–H and O–H groups in total. The van der Waals surface area contributed by atoms with Crippen molar-refractivity contribution in [1.29, 1.82) is 0 Å². The number of benzene rings is 2. The molecule has 6 heteroatoms. The van der Waals surface area contributed by atoms with Crippen molar-refractivity contribution >= 4 is 15.9 Å². The minimum absolute atomic E-state index is 0.00872. The van der Waals surface area contributed by atoms with E-state index in [4.69, 9.17) is 0 Å². The van der Waals surface area contributed by atoms with Crippen LogP contribution in [0.4, 0.5) is 0 Å². The van der Waals surface area contributed by atoms with E-state index in [9.17, 15) is 13.2 Å². The Labute approximate surface area is 166 Å². The van der Waals surface area contributed by atoms with E-state index in [-0.39, 0.29) is 24.2 Å². The summed E-state index contributed by atoms with van der Waals surface area (Å²) in [6.07, 6.45) is 3.34. The first kappa shape index (κ1) is 19.2. The number of carbonyl (C=O) groups excluding carboxylic acids is 1. The van der Waals surface area contributed by atoms with Crippen molar-refractivity contribution in [1.82, 2.24) is 9.62 Å². The third-order valence-electron chi connectivity index (χ3n) is 5.92. The van der Waals surface area contributed by atoms with Crippen molar-refractivity contribution in [2.24, 2.45) is 0 Å². The molecule has 1 aliphatic carbocycles. The number of nitrogens with zero attached hydrogens (tertiary/aromatic N) is 1. The number of hydrogen-bond donors (Lipinski definition) is 1. The third-order valence-corrected chi connectivity index (χ3v) is 7.74. The van der Waals surface area contributed by atoms with Gasteiger partial charge in [0, 0.05) is 6.54 Å². The lowest BCUT2D eigenvalue weighted by Crippen LogP contribution is -2.53. The van der Waals surface area contributed by atoms with Crippen LogP contribution in [-0.2, 0) is 34.2 Å². The number of fused-ring (bicyclic) bond motifs is 2. The number of nitrogens with one attached hydrogen (secondary N) is 1. The fourth-order valence-electron chi connectivity index (χ4n) is 4.35. The third kappa shape index (κ3) is 3.59. The van der Waals surface area contributed by atoms with Gasteiger partial charge < -0.3 is 5.32 Å². The lowest BCUT2D eigenvalue weighted by molar-refractivity contribution is -0.126. The number of carbonyl (C=O) groups is 1. The fraction of sp³-hybridized carbons (Fsp3) is 0.409. The normalized spacial score (nSPS) is 22.2. The minimum atomic E-state index is -3.49. The summed E-state index contributed by atoms with van der Waals surface area (Å²) in [5.41, 5.74) is 4.45. The second-order valence-corrected chi connectivity index (χ2v) is 9.80. The molecule has 0 aromatic heterocycles. The summed E-state index contributed by atoms with van der Waals surface area (Å²) in [5.74, 6) is -0.209. The van der Waals surface area contributed by atoms with Gasteiger partial charge in [-0.3, -0.25) is 4.79 Å². The highest BCUT2D eigenvalue weighted by Gasteiger charge is 2.38. The second kappa shape index (κ2) is 7.68. The van der Waals surface area contributed by atoms with Gasteiger partial charge in [0.25, 0.3) is 0 Å². The maximum atomic E-state index is 13.2. The van der Waals surface area contributed by atoms with E-state index in [1.54, 1.807) is 6.92 Å². The van der Waals surface area contributed by atoms with Crippen molar-refractivity contribution in [2.75, 3.05) is 5.75 Å². The first-order chi connectivity index (χ1) is 13.5. The van der Waals surface area contributed by atoms with Crippen LogP contribution in [-0.4, -0.2) is 30.4 Å². The summed E-state index contributed by atoms with van der Waals surface area (Å²) in [5, 5.41) is 3.16. The second-order valence-electron chi connectivity index (χ2n) is 7.59. The molecular weight excluding hydrogens is 372 g/mol. The SMILES string of the molecule is CCS(=O)(=O)N1Cc2ccccc2C[C@@H]1C(=O)N[C@H]1CCCc2ccccc21. The molecule has 0 saturated carbocycles. The van der Waals surface area contributed by atoms with Gasteiger partial charge in [-0.25, -0.2) is 8.42 Å². The molecule has 1 aliphatic heterocycles. The van der Waals surface area contributed by atoms with Crippen molar-refractivity contribution in [3.63, 3.8) is 0 Å². The van der Waals surface area contributed by atoms with E-state index in [2.05, 4.69) is 17.4 Å². The monoisotopic (exact) mass is 398 g/mol. The maximum absolute atomic E-state index is 13.2. The molecule has 28 heavy (non-hydrogen) atoms. The maximum Gasteiger partial charge on any atom is 0.239 e. The molecular formula is C22H26N2O3S. The Bertz CT molecular complexity index is 987. The summed E-state index contributed by atoms with van der Waals surface area (Å²) in [4.78, 5) is 13.2. The summed E-state index contributed by atoms with van der Waals surface area (Å²) in [7, 11) is -3.49. The summed E-state index contributed by atoms with van der Waals surface area (Å²) >= 11 is 0. The van der Waals surface area contributed by atoms with Gasteiger partial charge in [0.2, 0.25) is 15.9 Å². The predicted octanol–water partition coefficient (Wildman–Crippen LogP) is 2.96. The fourth-order valence-corrected chi connectivity index (χ4v) is 5.58. The molecule has 0 spiro atoms. The van der Waals surface area contributed by atoms with Crippen LogP contribution in [0.5, 0.6) is 0 Å². The molecule has 1 heterocycles. The molecule has 0 bridgehead atoms. The number of amides is 1. The van der Waals surface area contributed by atoms with Gasteiger partial charge in [-0.15, -0.1) is 0 Å². The molecule has 148 valence electrons. The Morgan fingerprint density at radius 1 is 1.07 bits per heavy atom. The molecule has 0 fully saturated rings. The summed E-state index contributed by atoms with van der Waals surface area (Å²) in [6.45, 7) is 1.88. The quantitative estimate of drug-likeness (QED) is 0.861. The highest BCUT2D eigenvalue weighted by Crippen LogP contribution is 2.31. The lowest BCUT2D eigenvalue weighted by atomic mass is 9.87. The Kier molecular flexibility index (Phi) is 5.25. The van der Waals surface area contributed by atoms with Crippen LogP contribution in [0, 0.1) is 0 Å². The van der Waals surface area contributed by atoms with Crippen LogP contribution in [0.1, 0.15) is 48.1 Å². The average molecular weight is 399 g/mol. The summed E-state index contributed by atoms with van der Waals surface area (Å²) in [6, 6.07) is 15.2. The van der Waals surface area contributed by atoms with Gasteiger partial charge in [0.1, 0.15) is 6.04 Å². The largest absolute Gasteiger partial charge is 0.348 e. The van der Waals surface area contributed by atoms with Crippen LogP contribution < -0.4 is 5.32 Å². The van der Waals surface area contributed by atoms with Crippen LogP contribution in [0.3, 0.4) is 0 Å². The smallest absolute Gasteiger partial charge is 0.239 e. The van der Waals surface area contributed by atoms with E-state index < -0.39 is 16.1 Å². The van der Waals surface area contributed by atoms with E-state index in [0.29, 0.717) is 6.42 Å². The van der Waals surface area contributed by atoms with Gasteiger partial charge in [-0.1, -0.05) is 48.5 Å². The molecule has 0 radical (unpaired) electrons. The Balaban J connectivity index is 1.62. The Morgan fingerprint density at radius 3 is 2.50 bits per heavy atom. The lowest BCUT2D eigenvalue weighted by Gasteiger charge is -2.36. The first-order valence-electron chi connectivity index (χ1n) is 9.94. The molecule has 5 nitrogen and oxygen atoms in total. The van der Waals surface area contributed by atoms with E-state index in [1.165, 1.54) is 9.87 Å². The van der Waals surface area contributed by atoms with E-state index in [0.717, 1.165) is 36.0 Å².